The van der Waals surface area contributed by atoms with Gasteiger partial charge in [-0.1, -0.05) is 218 Å². The molecule has 1 amide bonds. The van der Waals surface area contributed by atoms with Crippen LogP contribution in [0.25, 0.3) is 0 Å². The quantitative estimate of drug-likeness (QED) is 0.0273. The summed E-state index contributed by atoms with van der Waals surface area (Å²) < 4.78 is 22.2. The molecule has 0 aliphatic rings. The Morgan fingerprint density at radius 1 is 0.579 bits per heavy atom. The summed E-state index contributed by atoms with van der Waals surface area (Å²) in [7, 11) is -4.32. The number of amides is 1. The molecule has 57 heavy (non-hydrogen) atoms. The Balaban J connectivity index is 4.07. The van der Waals surface area contributed by atoms with E-state index in [4.69, 9.17) is 14.8 Å². The third-order valence-electron chi connectivity index (χ3n) is 11.1. The topological polar surface area (TPSA) is 131 Å². The Hall–Kier alpha value is -1.02. The molecule has 0 aliphatic carbocycles. The summed E-state index contributed by atoms with van der Waals surface area (Å²) in [6.07, 6.45) is 51.9. The van der Waals surface area contributed by atoms with Gasteiger partial charge in [-0.3, -0.25) is 13.8 Å². The van der Waals surface area contributed by atoms with E-state index in [2.05, 4.69) is 43.5 Å². The molecular formula is C48H95N2O6P. The fourth-order valence-electron chi connectivity index (χ4n) is 7.34. The molecule has 3 atom stereocenters. The van der Waals surface area contributed by atoms with E-state index >= 15 is 0 Å². The molecule has 0 aromatic heterocycles. The minimum Gasteiger partial charge on any atom is -0.391 e. The number of hydrogen-bond donors (Lipinski definition) is 4. The van der Waals surface area contributed by atoms with E-state index in [0.29, 0.717) is 12.8 Å². The summed E-state index contributed by atoms with van der Waals surface area (Å²) in [5.74, 6) is -0.167. The van der Waals surface area contributed by atoms with Crippen molar-refractivity contribution in [1.29, 1.82) is 0 Å². The molecule has 5 N–H and O–H groups in total. The number of carbonyl (C=O) groups excluding carboxylic acids is 1. The molecular weight excluding hydrogens is 732 g/mol. The average molecular weight is 827 g/mol. The molecule has 0 aromatic rings. The van der Waals surface area contributed by atoms with Crippen LogP contribution in [0.3, 0.4) is 0 Å². The van der Waals surface area contributed by atoms with Gasteiger partial charge in [0.15, 0.2) is 0 Å². The number of nitrogens with two attached hydrogens (primary N) is 1. The van der Waals surface area contributed by atoms with E-state index in [9.17, 15) is 19.4 Å². The maximum atomic E-state index is 12.8. The van der Waals surface area contributed by atoms with E-state index in [0.717, 1.165) is 51.4 Å². The summed E-state index contributed by atoms with van der Waals surface area (Å²) in [5, 5.41) is 13.9. The van der Waals surface area contributed by atoms with Gasteiger partial charge in [-0.05, 0) is 44.9 Å². The summed E-state index contributed by atoms with van der Waals surface area (Å²) in [4.78, 5) is 22.8. The van der Waals surface area contributed by atoms with E-state index in [-0.39, 0.29) is 25.7 Å². The molecule has 0 heterocycles. The number of phosphoric ester groups is 1. The van der Waals surface area contributed by atoms with Crippen molar-refractivity contribution in [1.82, 2.24) is 5.32 Å². The first kappa shape index (κ1) is 56.0. The molecule has 0 bridgehead atoms. The van der Waals surface area contributed by atoms with Crippen LogP contribution in [0.2, 0.25) is 0 Å². The minimum atomic E-state index is -4.32. The van der Waals surface area contributed by atoms with Crippen molar-refractivity contribution in [2.24, 2.45) is 5.73 Å². The molecule has 0 aromatic carbocycles. The third-order valence-corrected chi connectivity index (χ3v) is 12.0. The van der Waals surface area contributed by atoms with Gasteiger partial charge in [0.05, 0.1) is 25.4 Å². The van der Waals surface area contributed by atoms with E-state index in [1.165, 1.54) is 167 Å². The van der Waals surface area contributed by atoms with Gasteiger partial charge in [0.25, 0.3) is 0 Å². The molecule has 0 saturated heterocycles. The zero-order valence-corrected chi connectivity index (χ0v) is 38.5. The molecule has 338 valence electrons. The highest BCUT2D eigenvalue weighted by molar-refractivity contribution is 7.47. The molecule has 0 aliphatic heterocycles. The van der Waals surface area contributed by atoms with Crippen LogP contribution in [-0.2, 0) is 18.4 Å². The van der Waals surface area contributed by atoms with Crippen LogP contribution < -0.4 is 11.1 Å². The number of aliphatic hydroxyl groups excluding tert-OH is 1. The lowest BCUT2D eigenvalue weighted by Crippen LogP contribution is -2.46. The van der Waals surface area contributed by atoms with Crippen molar-refractivity contribution >= 4 is 13.7 Å². The Morgan fingerprint density at radius 2 is 0.965 bits per heavy atom. The standard InChI is InChI=1S/C48H95N2O6P/c1-3-5-7-9-11-13-15-17-19-21-22-23-24-26-27-29-31-33-35-37-39-41-47(51)46(45-56-57(53,54)55-44-43-49)50-48(52)42-40-38-36-34-32-30-28-25-20-18-16-14-12-10-8-6-4-2/h12,14,18,20,46-47,51H,3-11,13,15-17,19,21-45,49H2,1-2H3,(H,50,52)(H,53,54)/b14-12-,20-18-. The zero-order valence-electron chi connectivity index (χ0n) is 37.6. The highest BCUT2D eigenvalue weighted by Crippen LogP contribution is 2.43. The van der Waals surface area contributed by atoms with Crippen molar-refractivity contribution in [2.75, 3.05) is 19.8 Å². The number of nitrogens with one attached hydrogen (secondary N) is 1. The van der Waals surface area contributed by atoms with Crippen molar-refractivity contribution in [3.8, 4) is 0 Å². The smallest absolute Gasteiger partial charge is 0.391 e. The van der Waals surface area contributed by atoms with Gasteiger partial charge in [-0.2, -0.15) is 0 Å². The molecule has 0 rings (SSSR count). The van der Waals surface area contributed by atoms with Crippen molar-refractivity contribution in [3.63, 3.8) is 0 Å². The number of unbranched alkanes of at least 4 members (excludes halogenated alkanes) is 30. The lowest BCUT2D eigenvalue weighted by atomic mass is 10.0. The molecule has 9 heteroatoms. The first-order valence-electron chi connectivity index (χ1n) is 24.5. The lowest BCUT2D eigenvalue weighted by Gasteiger charge is -2.25. The van der Waals surface area contributed by atoms with Crippen LogP contribution in [-0.4, -0.2) is 47.8 Å². The number of allylic oxidation sites excluding steroid dienone is 4. The fraction of sp³-hybridized carbons (Fsp3) is 0.896. The van der Waals surface area contributed by atoms with Gasteiger partial charge < -0.3 is 21.1 Å². The second kappa shape index (κ2) is 44.5. The highest BCUT2D eigenvalue weighted by Gasteiger charge is 2.27. The van der Waals surface area contributed by atoms with Gasteiger partial charge >= 0.3 is 7.82 Å². The Bertz CT molecular complexity index is 948. The maximum absolute atomic E-state index is 12.8. The molecule has 0 spiro atoms. The van der Waals surface area contributed by atoms with Crippen LogP contribution in [0.4, 0.5) is 0 Å². The van der Waals surface area contributed by atoms with Gasteiger partial charge in [0, 0.05) is 13.0 Å². The zero-order chi connectivity index (χ0) is 41.8. The van der Waals surface area contributed by atoms with Gasteiger partial charge in [0.1, 0.15) is 0 Å². The first-order valence-corrected chi connectivity index (χ1v) is 25.9. The lowest BCUT2D eigenvalue weighted by molar-refractivity contribution is -0.123. The molecule has 3 unspecified atom stereocenters. The van der Waals surface area contributed by atoms with Crippen LogP contribution in [0.5, 0.6) is 0 Å². The van der Waals surface area contributed by atoms with Crippen LogP contribution in [0.15, 0.2) is 24.3 Å². The normalized spacial score (nSPS) is 14.1. The van der Waals surface area contributed by atoms with Crippen LogP contribution >= 0.6 is 7.82 Å². The van der Waals surface area contributed by atoms with Crippen molar-refractivity contribution < 1.29 is 28.4 Å². The van der Waals surface area contributed by atoms with E-state index in [1.807, 2.05) is 0 Å². The molecule has 0 saturated carbocycles. The minimum absolute atomic E-state index is 0.0882. The maximum Gasteiger partial charge on any atom is 0.472 e. The van der Waals surface area contributed by atoms with Gasteiger partial charge in [-0.15, -0.1) is 0 Å². The largest absolute Gasteiger partial charge is 0.472 e. The molecule has 8 nitrogen and oxygen atoms in total. The monoisotopic (exact) mass is 827 g/mol. The number of hydrogen-bond acceptors (Lipinski definition) is 6. The fourth-order valence-corrected chi connectivity index (χ4v) is 8.10. The van der Waals surface area contributed by atoms with Crippen LogP contribution in [0.1, 0.15) is 245 Å². The number of aliphatic hydroxyl groups is 1. The summed E-state index contributed by atoms with van der Waals surface area (Å²) in [6.45, 7) is 4.20. The molecule has 0 radical (unpaired) electrons. The van der Waals surface area contributed by atoms with E-state index < -0.39 is 20.0 Å². The van der Waals surface area contributed by atoms with Gasteiger partial charge in [-0.25, -0.2) is 4.57 Å². The van der Waals surface area contributed by atoms with Crippen LogP contribution in [0, 0.1) is 0 Å². The summed E-state index contributed by atoms with van der Waals surface area (Å²) in [6, 6.07) is -0.777. The third kappa shape index (κ3) is 42.9. The van der Waals surface area contributed by atoms with E-state index in [1.54, 1.807) is 0 Å². The Kier molecular flexibility index (Phi) is 43.7. The van der Waals surface area contributed by atoms with Gasteiger partial charge in [0.2, 0.25) is 5.91 Å². The highest BCUT2D eigenvalue weighted by atomic mass is 31.2. The van der Waals surface area contributed by atoms with Crippen molar-refractivity contribution in [2.45, 2.75) is 257 Å². The Labute approximate surface area is 353 Å². The second-order valence-electron chi connectivity index (χ2n) is 16.7. The summed E-state index contributed by atoms with van der Waals surface area (Å²) in [5.41, 5.74) is 5.39. The Morgan fingerprint density at radius 3 is 1.42 bits per heavy atom. The average Bonchev–Trinajstić information content (AvgIpc) is 3.20. The summed E-state index contributed by atoms with van der Waals surface area (Å²) >= 11 is 0. The number of rotatable bonds is 46. The van der Waals surface area contributed by atoms with Crippen molar-refractivity contribution in [3.05, 3.63) is 24.3 Å². The second-order valence-corrected chi connectivity index (χ2v) is 18.1. The first-order chi connectivity index (χ1) is 27.9. The SMILES string of the molecule is CCCCC/C=C\C/C=C\CCCCCCCCCC(=O)NC(COP(=O)(O)OCCN)C(O)CCCCCCCCCCCCCCCCCCCCCCC. The number of phosphoric acid groups is 1. The predicted octanol–water partition coefficient (Wildman–Crippen LogP) is 14.1. The molecule has 0 fully saturated rings. The number of carbonyl (C=O) groups is 1. The predicted molar refractivity (Wildman–Crippen MR) is 245 cm³/mol.